The Labute approximate surface area is 127 Å². The number of rotatable bonds is 9. The summed E-state index contributed by atoms with van der Waals surface area (Å²) < 4.78 is 33.7. The number of methoxy groups -OCH3 is 1. The van der Waals surface area contributed by atoms with Crippen molar-refractivity contribution in [3.8, 4) is 11.5 Å². The van der Waals surface area contributed by atoms with Gasteiger partial charge in [0.05, 0.1) is 12.9 Å². The van der Waals surface area contributed by atoms with Crippen LogP contribution in [0.3, 0.4) is 0 Å². The molecule has 0 saturated carbocycles. The number of benzene rings is 1. The molecule has 21 heavy (non-hydrogen) atoms. The molecule has 1 aromatic carbocycles. The van der Waals surface area contributed by atoms with Gasteiger partial charge in [-0.2, -0.15) is 0 Å². The Bertz CT molecular complexity index is 541. The Morgan fingerprint density at radius 1 is 1.24 bits per heavy atom. The predicted octanol–water partition coefficient (Wildman–Crippen LogP) is 2.01. The van der Waals surface area contributed by atoms with Crippen LogP contribution in [-0.2, 0) is 16.4 Å². The molecular formula is C15H25NO4S. The normalized spacial score (nSPS) is 11.7. The lowest BCUT2D eigenvalue weighted by Crippen LogP contribution is -2.21. The third-order valence-electron chi connectivity index (χ3n) is 3.03. The van der Waals surface area contributed by atoms with E-state index in [1.54, 1.807) is 14.0 Å². The predicted molar refractivity (Wildman–Crippen MR) is 84.8 cm³/mol. The van der Waals surface area contributed by atoms with Crippen LogP contribution >= 0.6 is 0 Å². The van der Waals surface area contributed by atoms with Crippen LogP contribution in [0.2, 0.25) is 0 Å². The number of hydrogen-bond acceptors (Lipinski definition) is 5. The van der Waals surface area contributed by atoms with Crippen molar-refractivity contribution in [1.82, 2.24) is 5.32 Å². The first-order valence-corrected chi connectivity index (χ1v) is 8.93. The maximum atomic E-state index is 11.4. The van der Waals surface area contributed by atoms with Gasteiger partial charge in [0.25, 0.3) is 0 Å². The van der Waals surface area contributed by atoms with E-state index >= 15 is 0 Å². The van der Waals surface area contributed by atoms with Gasteiger partial charge < -0.3 is 14.8 Å². The van der Waals surface area contributed by atoms with Crippen molar-refractivity contribution >= 4 is 9.84 Å². The van der Waals surface area contributed by atoms with E-state index in [2.05, 4.69) is 19.2 Å². The van der Waals surface area contributed by atoms with Gasteiger partial charge in [0.1, 0.15) is 6.61 Å². The quantitative estimate of drug-likeness (QED) is 0.755. The van der Waals surface area contributed by atoms with Crippen LogP contribution in [0.25, 0.3) is 0 Å². The van der Waals surface area contributed by atoms with Crippen LogP contribution in [0.1, 0.15) is 26.3 Å². The summed E-state index contributed by atoms with van der Waals surface area (Å²) in [5.74, 6) is 1.33. The second kappa shape index (κ2) is 8.24. The molecule has 0 aliphatic heterocycles. The molecule has 0 heterocycles. The van der Waals surface area contributed by atoms with E-state index in [-0.39, 0.29) is 18.1 Å². The highest BCUT2D eigenvalue weighted by molar-refractivity contribution is 7.91. The van der Waals surface area contributed by atoms with E-state index in [9.17, 15) is 8.42 Å². The van der Waals surface area contributed by atoms with E-state index < -0.39 is 9.84 Å². The van der Waals surface area contributed by atoms with Crippen molar-refractivity contribution in [2.45, 2.75) is 33.4 Å². The number of sulfone groups is 1. The Hall–Kier alpha value is -1.27. The van der Waals surface area contributed by atoms with E-state index in [0.717, 1.165) is 12.1 Å². The minimum Gasteiger partial charge on any atom is -0.493 e. The fourth-order valence-electron chi connectivity index (χ4n) is 1.69. The summed E-state index contributed by atoms with van der Waals surface area (Å²) in [6, 6.07) is 6.07. The summed E-state index contributed by atoms with van der Waals surface area (Å²) in [6.45, 7) is 6.69. The highest BCUT2D eigenvalue weighted by Crippen LogP contribution is 2.28. The van der Waals surface area contributed by atoms with Crippen LogP contribution in [-0.4, -0.2) is 39.7 Å². The molecule has 0 saturated heterocycles. The largest absolute Gasteiger partial charge is 0.493 e. The summed E-state index contributed by atoms with van der Waals surface area (Å²) >= 11 is 0. The third kappa shape index (κ3) is 6.35. The average Bonchev–Trinajstić information content (AvgIpc) is 2.45. The molecule has 0 spiro atoms. The molecule has 0 amide bonds. The van der Waals surface area contributed by atoms with Gasteiger partial charge in [-0.3, -0.25) is 0 Å². The van der Waals surface area contributed by atoms with E-state index in [0.29, 0.717) is 17.5 Å². The SMILES string of the molecule is CCS(=O)(=O)CCOc1ccc(CNC(C)C)cc1OC. The fourth-order valence-corrected chi connectivity index (χ4v) is 2.31. The van der Waals surface area contributed by atoms with Gasteiger partial charge in [-0.15, -0.1) is 0 Å². The molecule has 0 radical (unpaired) electrons. The van der Waals surface area contributed by atoms with Crippen molar-refractivity contribution < 1.29 is 17.9 Å². The molecule has 1 N–H and O–H groups in total. The highest BCUT2D eigenvalue weighted by Gasteiger charge is 2.10. The average molecular weight is 315 g/mol. The van der Waals surface area contributed by atoms with Crippen LogP contribution < -0.4 is 14.8 Å². The van der Waals surface area contributed by atoms with Gasteiger partial charge in [0.15, 0.2) is 21.3 Å². The molecule has 0 aliphatic rings. The zero-order valence-electron chi connectivity index (χ0n) is 13.2. The van der Waals surface area contributed by atoms with E-state index in [4.69, 9.17) is 9.47 Å². The van der Waals surface area contributed by atoms with Crippen molar-refractivity contribution in [2.24, 2.45) is 0 Å². The standard InChI is InChI=1S/C15H25NO4S/c1-5-21(17,18)9-8-20-14-7-6-13(10-15(14)19-4)11-16-12(2)3/h6-7,10,12,16H,5,8-9,11H2,1-4H3. The lowest BCUT2D eigenvalue weighted by molar-refractivity contribution is 0.311. The zero-order valence-corrected chi connectivity index (χ0v) is 14.0. The summed E-state index contributed by atoms with van der Waals surface area (Å²) in [5, 5.41) is 3.33. The summed E-state index contributed by atoms with van der Waals surface area (Å²) in [6.07, 6.45) is 0. The summed E-state index contributed by atoms with van der Waals surface area (Å²) in [4.78, 5) is 0. The molecule has 0 bridgehead atoms. The first-order valence-electron chi connectivity index (χ1n) is 7.11. The van der Waals surface area contributed by atoms with Crippen LogP contribution in [0.4, 0.5) is 0 Å². The minimum absolute atomic E-state index is 0.0172. The zero-order chi connectivity index (χ0) is 15.9. The lowest BCUT2D eigenvalue weighted by Gasteiger charge is -2.13. The number of hydrogen-bond donors (Lipinski definition) is 1. The van der Waals surface area contributed by atoms with Crippen molar-refractivity contribution in [2.75, 3.05) is 25.2 Å². The summed E-state index contributed by atoms with van der Waals surface area (Å²) in [5.41, 5.74) is 1.09. The molecule has 0 atom stereocenters. The molecule has 120 valence electrons. The van der Waals surface area contributed by atoms with Crippen molar-refractivity contribution in [1.29, 1.82) is 0 Å². The molecule has 0 unspecified atom stereocenters. The summed E-state index contributed by atoms with van der Waals surface area (Å²) in [7, 11) is -1.44. The van der Waals surface area contributed by atoms with Crippen molar-refractivity contribution in [3.05, 3.63) is 23.8 Å². The van der Waals surface area contributed by atoms with Gasteiger partial charge in [0.2, 0.25) is 0 Å². The Morgan fingerprint density at radius 2 is 1.95 bits per heavy atom. The van der Waals surface area contributed by atoms with Crippen molar-refractivity contribution in [3.63, 3.8) is 0 Å². The molecule has 0 aromatic heterocycles. The topological polar surface area (TPSA) is 64.6 Å². The maximum Gasteiger partial charge on any atom is 0.161 e. The fraction of sp³-hybridized carbons (Fsp3) is 0.600. The van der Waals surface area contributed by atoms with E-state index in [1.807, 2.05) is 18.2 Å². The van der Waals surface area contributed by atoms with Crippen LogP contribution in [0, 0.1) is 0 Å². The minimum atomic E-state index is -3.01. The Kier molecular flexibility index (Phi) is 6.98. The second-order valence-corrected chi connectivity index (χ2v) is 7.58. The molecule has 6 heteroatoms. The molecule has 0 aliphatic carbocycles. The highest BCUT2D eigenvalue weighted by atomic mass is 32.2. The number of ether oxygens (including phenoxy) is 2. The third-order valence-corrected chi connectivity index (χ3v) is 4.70. The van der Waals surface area contributed by atoms with Gasteiger partial charge in [-0.1, -0.05) is 26.8 Å². The Morgan fingerprint density at radius 3 is 2.52 bits per heavy atom. The van der Waals surface area contributed by atoms with Gasteiger partial charge in [-0.25, -0.2) is 8.42 Å². The monoisotopic (exact) mass is 315 g/mol. The van der Waals surface area contributed by atoms with Crippen LogP contribution in [0.5, 0.6) is 11.5 Å². The second-order valence-electron chi connectivity index (χ2n) is 5.11. The van der Waals surface area contributed by atoms with Gasteiger partial charge in [-0.05, 0) is 17.7 Å². The van der Waals surface area contributed by atoms with Gasteiger partial charge in [0, 0.05) is 18.3 Å². The molecule has 1 aromatic rings. The molecule has 0 fully saturated rings. The molecule has 5 nitrogen and oxygen atoms in total. The lowest BCUT2D eigenvalue weighted by atomic mass is 10.2. The van der Waals surface area contributed by atoms with Gasteiger partial charge >= 0.3 is 0 Å². The maximum absolute atomic E-state index is 11.4. The first-order chi connectivity index (χ1) is 9.88. The Balaban J connectivity index is 2.66. The first kappa shape index (κ1) is 17.8. The molecular weight excluding hydrogens is 290 g/mol. The van der Waals surface area contributed by atoms with Crippen LogP contribution in [0.15, 0.2) is 18.2 Å². The number of nitrogens with one attached hydrogen (secondary N) is 1. The van der Waals surface area contributed by atoms with E-state index in [1.165, 1.54) is 0 Å². The molecule has 1 rings (SSSR count). The smallest absolute Gasteiger partial charge is 0.161 e.